The van der Waals surface area contributed by atoms with E-state index in [-0.39, 0.29) is 11.5 Å². The van der Waals surface area contributed by atoms with Crippen molar-refractivity contribution in [2.45, 2.75) is 19.8 Å². The first-order chi connectivity index (χ1) is 15.9. The molecule has 0 aliphatic heterocycles. The second-order valence-electron chi connectivity index (χ2n) is 7.95. The number of nitrogens with one attached hydrogen (secondary N) is 1. The summed E-state index contributed by atoms with van der Waals surface area (Å²) in [5.74, 6) is -1.12. The molecule has 5 nitrogen and oxygen atoms in total. The molecule has 0 aliphatic carbocycles. The van der Waals surface area contributed by atoms with Gasteiger partial charge in [0.1, 0.15) is 5.82 Å². The third-order valence-corrected chi connectivity index (χ3v) is 5.38. The molecule has 1 amide bonds. The van der Waals surface area contributed by atoms with Crippen LogP contribution in [0.1, 0.15) is 35.8 Å². The van der Waals surface area contributed by atoms with Crippen LogP contribution in [0.25, 0.3) is 22.4 Å². The van der Waals surface area contributed by atoms with Crippen molar-refractivity contribution in [3.63, 3.8) is 0 Å². The number of halogens is 1. The topological polar surface area (TPSA) is 71.3 Å². The Kier molecular flexibility index (Phi) is 6.09. The number of aromatic nitrogens is 1. The number of nitrogens with zero attached hydrogens (tertiary/aromatic N) is 1. The minimum absolute atomic E-state index is 0.279. The summed E-state index contributed by atoms with van der Waals surface area (Å²) in [4.78, 5) is 26.2. The lowest BCUT2D eigenvalue weighted by Crippen LogP contribution is -2.18. The fraction of sp³-hybridized carbons (Fsp3) is 0.111. The van der Waals surface area contributed by atoms with Gasteiger partial charge in [-0.3, -0.25) is 4.79 Å². The number of carbonyl (C=O) groups excluding carboxylic acids is 1. The highest BCUT2D eigenvalue weighted by atomic mass is 19.1. The van der Waals surface area contributed by atoms with E-state index in [1.807, 2.05) is 62.4 Å². The summed E-state index contributed by atoms with van der Waals surface area (Å²) >= 11 is 0. The van der Waals surface area contributed by atoms with E-state index in [1.54, 1.807) is 12.1 Å². The Labute approximate surface area is 191 Å². The number of para-hydroxylation sites is 1. The summed E-state index contributed by atoms with van der Waals surface area (Å²) < 4.78 is 14.8. The molecule has 0 spiro atoms. The largest absolute Gasteiger partial charge is 0.464 e. The van der Waals surface area contributed by atoms with Crippen molar-refractivity contribution in [3.05, 3.63) is 102 Å². The summed E-state index contributed by atoms with van der Waals surface area (Å²) in [6.07, 6.45) is -1.21. The van der Waals surface area contributed by atoms with Gasteiger partial charge >= 0.3 is 6.09 Å². The first-order valence-electron chi connectivity index (χ1n) is 10.6. The maximum absolute atomic E-state index is 13.7. The zero-order valence-electron chi connectivity index (χ0n) is 18.2. The first kappa shape index (κ1) is 22.0. The Morgan fingerprint density at radius 3 is 1.97 bits per heavy atom. The second-order valence-corrected chi connectivity index (χ2v) is 7.95. The number of anilines is 1. The van der Waals surface area contributed by atoms with E-state index in [0.717, 1.165) is 4.57 Å². The smallest absolute Gasteiger partial charge is 0.416 e. The van der Waals surface area contributed by atoms with Gasteiger partial charge in [-0.1, -0.05) is 62.4 Å². The third-order valence-electron chi connectivity index (χ3n) is 5.38. The minimum atomic E-state index is -1.21. The van der Waals surface area contributed by atoms with Gasteiger partial charge < -0.3 is 10.4 Å². The Bertz CT molecular complexity index is 1290. The number of rotatable bonds is 5. The number of carbonyl (C=O) groups is 2. The number of hydrogen-bond acceptors (Lipinski definition) is 2. The molecule has 0 saturated heterocycles. The van der Waals surface area contributed by atoms with Crippen LogP contribution in [0.4, 0.5) is 14.9 Å². The molecule has 2 N–H and O–H groups in total. The van der Waals surface area contributed by atoms with Gasteiger partial charge in [0.25, 0.3) is 5.91 Å². The fourth-order valence-electron chi connectivity index (χ4n) is 4.05. The molecule has 0 bridgehead atoms. The molecule has 0 aliphatic rings. The Balaban J connectivity index is 2.07. The van der Waals surface area contributed by atoms with Gasteiger partial charge in [0.05, 0.1) is 11.3 Å². The highest BCUT2D eigenvalue weighted by Gasteiger charge is 2.32. The van der Waals surface area contributed by atoms with Crippen molar-refractivity contribution >= 4 is 17.7 Å². The molecule has 6 heteroatoms. The zero-order chi connectivity index (χ0) is 23.5. The fourth-order valence-corrected chi connectivity index (χ4v) is 4.05. The van der Waals surface area contributed by atoms with Gasteiger partial charge in [0.2, 0.25) is 0 Å². The monoisotopic (exact) mass is 442 g/mol. The van der Waals surface area contributed by atoms with Crippen LogP contribution in [0.2, 0.25) is 0 Å². The molecule has 3 aromatic carbocycles. The lowest BCUT2D eigenvalue weighted by molar-refractivity contribution is 0.102. The lowest BCUT2D eigenvalue weighted by Gasteiger charge is -2.13. The molecule has 4 rings (SSSR count). The van der Waals surface area contributed by atoms with Gasteiger partial charge in [-0.25, -0.2) is 13.8 Å². The molecule has 0 fully saturated rings. The summed E-state index contributed by atoms with van der Waals surface area (Å²) in [6, 6.07) is 23.8. The van der Waals surface area contributed by atoms with Gasteiger partial charge in [-0.15, -0.1) is 0 Å². The minimum Gasteiger partial charge on any atom is -0.464 e. The van der Waals surface area contributed by atoms with E-state index in [1.165, 1.54) is 24.3 Å². The van der Waals surface area contributed by atoms with Crippen molar-refractivity contribution in [2.75, 3.05) is 5.32 Å². The van der Waals surface area contributed by atoms with Gasteiger partial charge in [0.15, 0.2) is 0 Å². The quantitative estimate of drug-likeness (QED) is 0.355. The van der Waals surface area contributed by atoms with Crippen LogP contribution in [-0.4, -0.2) is 21.7 Å². The van der Waals surface area contributed by atoms with Gasteiger partial charge in [-0.2, -0.15) is 0 Å². The highest BCUT2D eigenvalue weighted by molar-refractivity contribution is 6.13. The summed E-state index contributed by atoms with van der Waals surface area (Å²) in [6.45, 7) is 3.69. The molecule has 166 valence electrons. The van der Waals surface area contributed by atoms with Crippen molar-refractivity contribution in [3.8, 4) is 22.4 Å². The predicted octanol–water partition coefficient (Wildman–Crippen LogP) is 6.86. The average Bonchev–Trinajstić information content (AvgIpc) is 3.18. The van der Waals surface area contributed by atoms with Crippen LogP contribution in [0, 0.1) is 5.82 Å². The number of benzene rings is 3. The first-order valence-corrected chi connectivity index (χ1v) is 10.6. The van der Waals surface area contributed by atoms with Crippen molar-refractivity contribution < 1.29 is 19.1 Å². The van der Waals surface area contributed by atoms with Gasteiger partial charge in [-0.05, 0) is 53.4 Å². The maximum Gasteiger partial charge on any atom is 0.416 e. The van der Waals surface area contributed by atoms with Crippen molar-refractivity contribution in [1.82, 2.24) is 4.57 Å². The van der Waals surface area contributed by atoms with E-state index >= 15 is 0 Å². The molecular formula is C27H23FN2O3. The van der Waals surface area contributed by atoms with Crippen LogP contribution < -0.4 is 5.32 Å². The second kappa shape index (κ2) is 9.12. The standard InChI is InChI=1S/C27H23FN2O3/c1-17(2)24-23(26(31)29-21-11-7-4-8-12-21)22(18-9-5-3-6-10-18)25(30(24)27(32)33)19-13-15-20(28)16-14-19/h3-17H,1-2H3,(H,29,31)(H,32,33). The molecule has 1 heterocycles. The van der Waals surface area contributed by atoms with Crippen molar-refractivity contribution in [2.24, 2.45) is 0 Å². The molecule has 0 saturated carbocycles. The third kappa shape index (κ3) is 4.28. The number of hydrogen-bond donors (Lipinski definition) is 2. The number of amides is 1. The molecule has 4 aromatic rings. The molecule has 0 atom stereocenters. The molecule has 0 unspecified atom stereocenters. The van der Waals surface area contributed by atoms with Crippen LogP contribution in [0.3, 0.4) is 0 Å². The zero-order valence-corrected chi connectivity index (χ0v) is 18.2. The molecule has 33 heavy (non-hydrogen) atoms. The van der Waals surface area contributed by atoms with E-state index < -0.39 is 17.8 Å². The molecular weight excluding hydrogens is 419 g/mol. The number of carboxylic acid groups (broad SMARTS) is 1. The average molecular weight is 442 g/mol. The Morgan fingerprint density at radius 2 is 1.42 bits per heavy atom. The van der Waals surface area contributed by atoms with Crippen LogP contribution in [-0.2, 0) is 0 Å². The van der Waals surface area contributed by atoms with Gasteiger partial charge in [0, 0.05) is 16.9 Å². The lowest BCUT2D eigenvalue weighted by atomic mass is 9.94. The van der Waals surface area contributed by atoms with Crippen LogP contribution in [0.15, 0.2) is 84.9 Å². The Hall–Kier alpha value is -4.19. The molecule has 1 aromatic heterocycles. The van der Waals surface area contributed by atoms with E-state index in [2.05, 4.69) is 5.32 Å². The van der Waals surface area contributed by atoms with Crippen LogP contribution in [0.5, 0.6) is 0 Å². The molecule has 0 radical (unpaired) electrons. The Morgan fingerprint density at radius 1 is 0.848 bits per heavy atom. The van der Waals surface area contributed by atoms with Crippen molar-refractivity contribution in [1.29, 1.82) is 0 Å². The summed E-state index contributed by atoms with van der Waals surface area (Å²) in [5, 5.41) is 13.1. The van der Waals surface area contributed by atoms with E-state index in [0.29, 0.717) is 33.8 Å². The summed E-state index contributed by atoms with van der Waals surface area (Å²) in [7, 11) is 0. The predicted molar refractivity (Wildman–Crippen MR) is 127 cm³/mol. The van der Waals surface area contributed by atoms with Crippen LogP contribution >= 0.6 is 0 Å². The maximum atomic E-state index is 13.7. The summed E-state index contributed by atoms with van der Waals surface area (Å²) in [5.41, 5.74) is 3.26. The van der Waals surface area contributed by atoms with E-state index in [9.17, 15) is 19.1 Å². The SMILES string of the molecule is CC(C)c1c(C(=O)Nc2ccccc2)c(-c2ccccc2)c(-c2ccc(F)cc2)n1C(=O)O. The van der Waals surface area contributed by atoms with E-state index in [4.69, 9.17) is 0 Å². The normalized spacial score (nSPS) is 10.9. The highest BCUT2D eigenvalue weighted by Crippen LogP contribution is 2.42.